The fourth-order valence-electron chi connectivity index (χ4n) is 3.83. The van der Waals surface area contributed by atoms with E-state index in [4.69, 9.17) is 0 Å². The molecule has 250 valence electrons. The summed E-state index contributed by atoms with van der Waals surface area (Å²) in [5, 5.41) is 2.68. The Labute approximate surface area is 263 Å². The molecular formula is C34H63F2N5O2. The van der Waals surface area contributed by atoms with Crippen molar-refractivity contribution in [3.8, 4) is 11.3 Å². The van der Waals surface area contributed by atoms with Crippen LogP contribution in [0.25, 0.3) is 11.3 Å². The molecule has 1 N–H and O–H groups in total. The van der Waals surface area contributed by atoms with Gasteiger partial charge in [0.1, 0.15) is 11.6 Å². The fraction of sp³-hybridized carbons (Fsp3) is 0.471. The Hall–Kier alpha value is -3.88. The summed E-state index contributed by atoms with van der Waals surface area (Å²) in [4.78, 5) is 36.9. The second-order valence-corrected chi connectivity index (χ2v) is 7.88. The lowest BCUT2D eigenvalue weighted by Gasteiger charge is -2.36. The van der Waals surface area contributed by atoms with E-state index < -0.39 is 11.6 Å². The lowest BCUT2D eigenvalue weighted by molar-refractivity contribution is 0.0671. The van der Waals surface area contributed by atoms with Crippen molar-refractivity contribution < 1.29 is 18.4 Å². The van der Waals surface area contributed by atoms with E-state index in [1.165, 1.54) is 12.4 Å². The molecule has 9 heteroatoms. The predicted molar refractivity (Wildman–Crippen MR) is 187 cm³/mol. The molecule has 1 aliphatic heterocycles. The third kappa shape index (κ3) is 13.8. The van der Waals surface area contributed by atoms with Gasteiger partial charge in [-0.25, -0.2) is 18.6 Å². The summed E-state index contributed by atoms with van der Waals surface area (Å²) in [5.74, 6) is -1.19. The number of carbonyl (C=O) groups excluding carboxylic acids is 2. The molecule has 3 aromatic rings. The van der Waals surface area contributed by atoms with Crippen LogP contribution in [0.4, 0.5) is 19.4 Å². The smallest absolute Gasteiger partial charge is 0.323 e. The van der Waals surface area contributed by atoms with Gasteiger partial charge in [0, 0.05) is 43.4 Å². The number of rotatable bonds is 4. The molecule has 0 radical (unpaired) electrons. The fourth-order valence-corrected chi connectivity index (χ4v) is 3.83. The summed E-state index contributed by atoms with van der Waals surface area (Å²) in [6.07, 6.45) is 4.01. The number of anilines is 1. The van der Waals surface area contributed by atoms with E-state index in [0.717, 1.165) is 18.2 Å². The molecule has 0 saturated carbocycles. The molecular weight excluding hydrogens is 548 g/mol. The van der Waals surface area contributed by atoms with Crippen LogP contribution >= 0.6 is 0 Å². The van der Waals surface area contributed by atoms with Gasteiger partial charge in [0.2, 0.25) is 0 Å². The molecule has 0 unspecified atom stereocenters. The summed E-state index contributed by atoms with van der Waals surface area (Å²) in [6, 6.07) is 11.9. The molecule has 2 aromatic carbocycles. The van der Waals surface area contributed by atoms with Crippen LogP contribution in [-0.2, 0) is 0 Å². The zero-order valence-electron chi connectivity index (χ0n) is 18.0. The van der Waals surface area contributed by atoms with Gasteiger partial charge in [0.25, 0.3) is 5.91 Å². The van der Waals surface area contributed by atoms with Gasteiger partial charge in [-0.3, -0.25) is 15.1 Å². The molecule has 7 nitrogen and oxygen atoms in total. The standard InChI is InChI=1S/C24H23F2N5O2.10CH4/c1-30(20-7-9-31(10-8-20)23(32)16-5-3-2-4-6-16)24(33)29-22-15-27-21(14-28-22)17-11-18(25)13-19(26)12-17;;;;;;;;;;/h2-6,11-15,20H,7-10H2,1H3,(H,28,29,33);10*1H4. The van der Waals surface area contributed by atoms with Gasteiger partial charge < -0.3 is 9.80 Å². The zero-order chi connectivity index (χ0) is 23.4. The van der Waals surface area contributed by atoms with Crippen molar-refractivity contribution in [2.45, 2.75) is 93.2 Å². The van der Waals surface area contributed by atoms with Crippen molar-refractivity contribution in [2.75, 3.05) is 25.5 Å². The Morgan fingerprint density at radius 1 is 0.791 bits per heavy atom. The predicted octanol–water partition coefficient (Wildman–Crippen LogP) is 10.6. The molecule has 0 aliphatic carbocycles. The van der Waals surface area contributed by atoms with E-state index in [2.05, 4.69) is 15.3 Å². The van der Waals surface area contributed by atoms with Gasteiger partial charge >= 0.3 is 6.03 Å². The summed E-state index contributed by atoms with van der Waals surface area (Å²) in [6.45, 7) is 1.13. The number of aromatic nitrogens is 2. The Kier molecular flexibility index (Phi) is 31.6. The molecule has 1 saturated heterocycles. The highest BCUT2D eigenvalue weighted by Crippen LogP contribution is 2.21. The number of halogens is 2. The van der Waals surface area contributed by atoms with Crippen LogP contribution in [-0.4, -0.2) is 57.9 Å². The molecule has 1 fully saturated rings. The van der Waals surface area contributed by atoms with Gasteiger partial charge in [-0.1, -0.05) is 92.5 Å². The van der Waals surface area contributed by atoms with E-state index in [9.17, 15) is 18.4 Å². The van der Waals surface area contributed by atoms with Crippen LogP contribution in [0.2, 0.25) is 0 Å². The quantitative estimate of drug-likeness (QED) is 0.318. The highest BCUT2D eigenvalue weighted by molar-refractivity contribution is 5.94. The minimum absolute atomic E-state index is 0. The highest BCUT2D eigenvalue weighted by Gasteiger charge is 2.28. The van der Waals surface area contributed by atoms with Gasteiger partial charge in [0.05, 0.1) is 18.1 Å². The number of benzene rings is 2. The number of carbonyl (C=O) groups is 2. The second-order valence-electron chi connectivity index (χ2n) is 7.88. The molecule has 0 atom stereocenters. The molecule has 3 amide bonds. The first-order chi connectivity index (χ1) is 15.9. The summed E-state index contributed by atoms with van der Waals surface area (Å²) >= 11 is 0. The maximum Gasteiger partial charge on any atom is 0.323 e. The number of likely N-dealkylation sites (tertiary alicyclic amines) is 1. The third-order valence-electron chi connectivity index (χ3n) is 5.69. The van der Waals surface area contributed by atoms with Crippen molar-refractivity contribution >= 4 is 17.8 Å². The second kappa shape index (κ2) is 24.7. The molecule has 0 bridgehead atoms. The minimum Gasteiger partial charge on any atom is -0.338 e. The number of amides is 3. The third-order valence-corrected chi connectivity index (χ3v) is 5.69. The van der Waals surface area contributed by atoms with Crippen LogP contribution in [0.15, 0.2) is 60.9 Å². The van der Waals surface area contributed by atoms with Gasteiger partial charge in [-0.2, -0.15) is 0 Å². The lowest BCUT2D eigenvalue weighted by Crippen LogP contribution is -2.48. The number of hydrogen-bond acceptors (Lipinski definition) is 4. The van der Waals surface area contributed by atoms with Crippen LogP contribution in [0.3, 0.4) is 0 Å². The highest BCUT2D eigenvalue weighted by atomic mass is 19.1. The number of urea groups is 1. The normalized spacial score (nSPS) is 10.8. The first-order valence-corrected chi connectivity index (χ1v) is 10.6. The topological polar surface area (TPSA) is 78.4 Å². The molecule has 0 spiro atoms. The molecule has 1 aromatic heterocycles. The van der Waals surface area contributed by atoms with Crippen LogP contribution in [0.1, 0.15) is 97.5 Å². The van der Waals surface area contributed by atoms with Gasteiger partial charge in [-0.05, 0) is 37.1 Å². The number of hydrogen-bond donors (Lipinski definition) is 1. The minimum atomic E-state index is -0.706. The van der Waals surface area contributed by atoms with E-state index in [-0.39, 0.29) is 109 Å². The van der Waals surface area contributed by atoms with Gasteiger partial charge in [-0.15, -0.1) is 0 Å². The largest absolute Gasteiger partial charge is 0.338 e. The molecule has 1 aliphatic rings. The van der Waals surface area contributed by atoms with E-state index in [1.807, 2.05) is 18.2 Å². The van der Waals surface area contributed by atoms with E-state index in [0.29, 0.717) is 31.5 Å². The maximum atomic E-state index is 13.4. The van der Waals surface area contributed by atoms with Crippen LogP contribution in [0.5, 0.6) is 0 Å². The van der Waals surface area contributed by atoms with Crippen molar-refractivity contribution in [1.82, 2.24) is 19.8 Å². The Morgan fingerprint density at radius 2 is 1.30 bits per heavy atom. The Balaban J connectivity index is -0.000000259. The van der Waals surface area contributed by atoms with Crippen molar-refractivity contribution in [3.63, 3.8) is 0 Å². The van der Waals surface area contributed by atoms with Gasteiger partial charge in [0.15, 0.2) is 5.82 Å². The first kappa shape index (κ1) is 55.1. The van der Waals surface area contributed by atoms with Crippen molar-refractivity contribution in [3.05, 3.63) is 78.1 Å². The van der Waals surface area contributed by atoms with E-state index >= 15 is 0 Å². The average molecular weight is 612 g/mol. The van der Waals surface area contributed by atoms with Crippen molar-refractivity contribution in [1.29, 1.82) is 0 Å². The number of piperidine rings is 1. The first-order valence-electron chi connectivity index (χ1n) is 10.6. The number of nitrogens with zero attached hydrogens (tertiary/aromatic N) is 4. The number of nitrogens with one attached hydrogen (secondary N) is 1. The SMILES string of the molecule is C.C.C.C.C.C.C.C.C.C.CN(C(=O)Nc1cnc(-c2cc(F)cc(F)c2)cn1)C1CCN(C(=O)c2ccccc2)CC1. The van der Waals surface area contributed by atoms with Crippen molar-refractivity contribution in [2.24, 2.45) is 0 Å². The Bertz CT molecular complexity index is 1120. The lowest BCUT2D eigenvalue weighted by atomic mass is 10.0. The Morgan fingerprint density at radius 3 is 1.77 bits per heavy atom. The molecule has 43 heavy (non-hydrogen) atoms. The maximum absolute atomic E-state index is 13.4. The summed E-state index contributed by atoms with van der Waals surface area (Å²) in [7, 11) is 1.70. The summed E-state index contributed by atoms with van der Waals surface area (Å²) < 4.78 is 26.8. The van der Waals surface area contributed by atoms with E-state index in [1.54, 1.807) is 29.0 Å². The summed E-state index contributed by atoms with van der Waals surface area (Å²) in [5.41, 5.74) is 1.20. The monoisotopic (exact) mass is 611 g/mol. The molecule has 4 rings (SSSR count). The molecule has 2 heterocycles. The van der Waals surface area contributed by atoms with Crippen LogP contribution < -0.4 is 5.32 Å². The van der Waals surface area contributed by atoms with Crippen LogP contribution in [0, 0.1) is 11.6 Å². The zero-order valence-corrected chi connectivity index (χ0v) is 18.0. The average Bonchev–Trinajstić information content (AvgIpc) is 2.83.